The molecular weight excluding hydrogens is 392 g/mol. The van der Waals surface area contributed by atoms with Crippen molar-refractivity contribution in [2.45, 2.75) is 11.4 Å². The lowest BCUT2D eigenvalue weighted by Gasteiger charge is -2.27. The van der Waals surface area contributed by atoms with Gasteiger partial charge in [-0.05, 0) is 24.3 Å². The van der Waals surface area contributed by atoms with Crippen molar-refractivity contribution in [3.8, 4) is 0 Å². The van der Waals surface area contributed by atoms with Crippen LogP contribution < -0.4 is 14.5 Å². The minimum absolute atomic E-state index is 0.0499. The highest BCUT2D eigenvalue weighted by molar-refractivity contribution is 7.89. The van der Waals surface area contributed by atoms with E-state index in [1.165, 1.54) is 24.3 Å². The van der Waals surface area contributed by atoms with Crippen molar-refractivity contribution < 1.29 is 13.2 Å². The topological polar surface area (TPSA) is 101 Å². The first-order valence-corrected chi connectivity index (χ1v) is 10.2. The highest BCUT2D eigenvalue weighted by Gasteiger charge is 2.19. The molecule has 2 heterocycles. The first kappa shape index (κ1) is 19.7. The van der Waals surface area contributed by atoms with Crippen molar-refractivity contribution in [2.24, 2.45) is 0 Å². The minimum atomic E-state index is -3.70. The average molecular weight is 413 g/mol. The number of nitrogens with zero attached hydrogens (tertiary/aromatic N) is 5. The van der Waals surface area contributed by atoms with Crippen molar-refractivity contribution in [3.63, 3.8) is 0 Å². The molecule has 0 atom stereocenters. The zero-order valence-electron chi connectivity index (χ0n) is 15.1. The maximum Gasteiger partial charge on any atom is 0.240 e. The Balaban J connectivity index is 1.80. The Bertz CT molecular complexity index is 886. The molecule has 1 aliphatic heterocycles. The standard InChI is InChI=1S/C16H21ClN6O3S/c1-22(2)15-19-14(20-16(21-15)23-7-9-26-10-8-23)11-18-27(24,25)13-5-3-12(17)4-6-13/h3-6,18H,7-11H2,1-2H3. The third-order valence-electron chi connectivity index (χ3n) is 3.90. The third-order valence-corrected chi connectivity index (χ3v) is 5.57. The first-order valence-electron chi connectivity index (χ1n) is 8.35. The van der Waals surface area contributed by atoms with Crippen LogP contribution in [0.4, 0.5) is 11.9 Å². The van der Waals surface area contributed by atoms with Gasteiger partial charge in [-0.3, -0.25) is 0 Å². The maximum absolute atomic E-state index is 12.5. The average Bonchev–Trinajstić information content (AvgIpc) is 2.67. The highest BCUT2D eigenvalue weighted by atomic mass is 35.5. The number of hydrogen-bond acceptors (Lipinski definition) is 8. The van der Waals surface area contributed by atoms with Crippen molar-refractivity contribution >= 4 is 33.5 Å². The number of hydrogen-bond donors (Lipinski definition) is 1. The van der Waals surface area contributed by atoms with Gasteiger partial charge >= 0.3 is 0 Å². The van der Waals surface area contributed by atoms with E-state index in [9.17, 15) is 8.42 Å². The zero-order valence-corrected chi connectivity index (χ0v) is 16.7. The van der Waals surface area contributed by atoms with Gasteiger partial charge in [-0.25, -0.2) is 13.1 Å². The monoisotopic (exact) mass is 412 g/mol. The van der Waals surface area contributed by atoms with Crippen LogP contribution >= 0.6 is 11.6 Å². The van der Waals surface area contributed by atoms with Gasteiger partial charge in [0, 0.05) is 32.2 Å². The summed E-state index contributed by atoms with van der Waals surface area (Å²) in [5.74, 6) is 1.32. The summed E-state index contributed by atoms with van der Waals surface area (Å²) in [6, 6.07) is 5.95. The maximum atomic E-state index is 12.5. The minimum Gasteiger partial charge on any atom is -0.378 e. The van der Waals surface area contributed by atoms with E-state index >= 15 is 0 Å². The number of rotatable bonds is 6. The van der Waals surface area contributed by atoms with Crippen LogP contribution in [-0.2, 0) is 21.3 Å². The lowest BCUT2D eigenvalue weighted by atomic mass is 10.4. The van der Waals surface area contributed by atoms with Crippen LogP contribution in [0.15, 0.2) is 29.2 Å². The van der Waals surface area contributed by atoms with Gasteiger partial charge in [-0.15, -0.1) is 0 Å². The fourth-order valence-electron chi connectivity index (χ4n) is 2.44. The lowest BCUT2D eigenvalue weighted by Crippen LogP contribution is -2.38. The number of benzene rings is 1. The van der Waals surface area contributed by atoms with Gasteiger partial charge in [0.15, 0.2) is 5.82 Å². The fourth-order valence-corrected chi connectivity index (χ4v) is 3.54. The van der Waals surface area contributed by atoms with E-state index < -0.39 is 10.0 Å². The predicted molar refractivity (Wildman–Crippen MR) is 103 cm³/mol. The summed E-state index contributed by atoms with van der Waals surface area (Å²) < 4.78 is 32.8. The normalized spacial score (nSPS) is 15.0. The van der Waals surface area contributed by atoms with E-state index in [4.69, 9.17) is 16.3 Å². The number of nitrogens with one attached hydrogen (secondary N) is 1. The molecule has 0 saturated carbocycles. The van der Waals surface area contributed by atoms with Gasteiger partial charge in [0.05, 0.1) is 24.7 Å². The van der Waals surface area contributed by atoms with Crippen molar-refractivity contribution in [1.82, 2.24) is 19.7 Å². The number of anilines is 2. The van der Waals surface area contributed by atoms with Crippen molar-refractivity contribution in [3.05, 3.63) is 35.1 Å². The van der Waals surface area contributed by atoms with Crippen molar-refractivity contribution in [1.29, 1.82) is 0 Å². The molecule has 1 aromatic heterocycles. The largest absolute Gasteiger partial charge is 0.378 e. The molecule has 11 heteroatoms. The van der Waals surface area contributed by atoms with Gasteiger partial charge in [-0.2, -0.15) is 15.0 Å². The molecular formula is C16H21ClN6O3S. The quantitative estimate of drug-likeness (QED) is 0.747. The lowest BCUT2D eigenvalue weighted by molar-refractivity contribution is 0.122. The Morgan fingerprint density at radius 3 is 2.44 bits per heavy atom. The summed E-state index contributed by atoms with van der Waals surface area (Å²) in [5, 5.41) is 0.470. The molecule has 1 saturated heterocycles. The zero-order chi connectivity index (χ0) is 19.4. The summed E-state index contributed by atoms with van der Waals surface area (Å²) in [4.78, 5) is 17.1. The second-order valence-corrected chi connectivity index (χ2v) is 8.33. The van der Waals surface area contributed by atoms with Gasteiger partial charge in [0.2, 0.25) is 21.9 Å². The summed E-state index contributed by atoms with van der Waals surface area (Å²) >= 11 is 5.81. The first-order chi connectivity index (χ1) is 12.8. The van der Waals surface area contributed by atoms with E-state index in [-0.39, 0.29) is 11.4 Å². The van der Waals surface area contributed by atoms with Gasteiger partial charge in [0.1, 0.15) is 0 Å². The molecule has 146 valence electrons. The molecule has 9 nitrogen and oxygen atoms in total. The summed E-state index contributed by atoms with van der Waals surface area (Å²) in [5.41, 5.74) is 0. The molecule has 1 aromatic carbocycles. The summed E-state index contributed by atoms with van der Waals surface area (Å²) in [7, 11) is -0.0632. The van der Waals surface area contributed by atoms with Crippen LogP contribution in [0.5, 0.6) is 0 Å². The van der Waals surface area contributed by atoms with Gasteiger partial charge in [0.25, 0.3) is 0 Å². The molecule has 2 aromatic rings. The highest BCUT2D eigenvalue weighted by Crippen LogP contribution is 2.16. The molecule has 0 amide bonds. The SMILES string of the molecule is CN(C)c1nc(CNS(=O)(=O)c2ccc(Cl)cc2)nc(N2CCOCC2)n1. The Morgan fingerprint density at radius 1 is 1.15 bits per heavy atom. The molecule has 1 fully saturated rings. The number of ether oxygens (including phenoxy) is 1. The smallest absolute Gasteiger partial charge is 0.240 e. The van der Waals surface area contributed by atoms with Gasteiger partial charge < -0.3 is 14.5 Å². The van der Waals surface area contributed by atoms with E-state index in [0.717, 1.165) is 0 Å². The van der Waals surface area contributed by atoms with E-state index in [2.05, 4.69) is 19.7 Å². The predicted octanol–water partition coefficient (Wildman–Crippen LogP) is 0.906. The third kappa shape index (κ3) is 5.04. The molecule has 0 bridgehead atoms. The Hall–Kier alpha value is -2.01. The van der Waals surface area contributed by atoms with Crippen molar-refractivity contribution in [2.75, 3.05) is 50.2 Å². The van der Waals surface area contributed by atoms with Crippen LogP contribution in [0, 0.1) is 0 Å². The molecule has 1 aliphatic rings. The molecule has 0 aliphatic carbocycles. The molecule has 0 unspecified atom stereocenters. The van der Waals surface area contributed by atoms with Crippen LogP contribution in [0.1, 0.15) is 5.82 Å². The summed E-state index contributed by atoms with van der Waals surface area (Å²) in [6.45, 7) is 2.49. The number of halogens is 1. The molecule has 0 radical (unpaired) electrons. The Labute approximate surface area is 163 Å². The van der Waals surface area contributed by atoms with E-state index in [1.807, 2.05) is 19.0 Å². The second-order valence-electron chi connectivity index (χ2n) is 6.12. The van der Waals surface area contributed by atoms with Crippen LogP contribution in [0.25, 0.3) is 0 Å². The number of morpholine rings is 1. The Morgan fingerprint density at radius 2 is 1.81 bits per heavy atom. The number of sulfonamides is 1. The fraction of sp³-hybridized carbons (Fsp3) is 0.438. The second kappa shape index (κ2) is 8.34. The van der Waals surface area contributed by atoms with Crippen LogP contribution in [-0.4, -0.2) is 63.8 Å². The van der Waals surface area contributed by atoms with Crippen LogP contribution in [0.3, 0.4) is 0 Å². The summed E-state index contributed by atoms with van der Waals surface area (Å²) in [6.07, 6.45) is 0. The molecule has 1 N–H and O–H groups in total. The van der Waals surface area contributed by atoms with E-state index in [1.54, 1.807) is 4.90 Å². The van der Waals surface area contributed by atoms with E-state index in [0.29, 0.717) is 49.0 Å². The van der Waals surface area contributed by atoms with Crippen LogP contribution in [0.2, 0.25) is 5.02 Å². The molecule has 0 spiro atoms. The van der Waals surface area contributed by atoms with Gasteiger partial charge in [-0.1, -0.05) is 11.6 Å². The Kier molecular flexibility index (Phi) is 6.10. The molecule has 27 heavy (non-hydrogen) atoms. The molecule has 3 rings (SSSR count). The number of aromatic nitrogens is 3.